The van der Waals surface area contributed by atoms with Crippen LogP contribution >= 0.6 is 7.75 Å². The first-order valence-corrected chi connectivity index (χ1v) is 12.7. The highest BCUT2D eigenvalue weighted by Gasteiger charge is 2.54. The van der Waals surface area contributed by atoms with Crippen molar-refractivity contribution < 1.29 is 42.5 Å². The van der Waals surface area contributed by atoms with Gasteiger partial charge in [0.1, 0.15) is 41.7 Å². The Morgan fingerprint density at radius 3 is 2.76 bits per heavy atom. The Balaban J connectivity index is 1.57. The number of rotatable bonds is 9. The number of aromatic nitrogens is 3. The van der Waals surface area contributed by atoms with E-state index in [2.05, 4.69) is 19.8 Å². The van der Waals surface area contributed by atoms with Crippen LogP contribution in [0.2, 0.25) is 0 Å². The van der Waals surface area contributed by atoms with E-state index in [4.69, 9.17) is 19.5 Å². The SMILES string of the molecule is COC(=O)[C@@H](C)NP(=O)(OC[C@H]1O[C@@H](n2cc(F)c3c(N)ncnc32)[C@](C)(O)[C@@H]1O)Oc1ccccc1. The second-order valence-corrected chi connectivity index (χ2v) is 10.3. The van der Waals surface area contributed by atoms with Crippen molar-refractivity contribution >= 4 is 30.6 Å². The van der Waals surface area contributed by atoms with E-state index in [9.17, 15) is 24.0 Å². The quantitative estimate of drug-likeness (QED) is 0.228. The molecule has 37 heavy (non-hydrogen) atoms. The number of carbonyl (C=O) groups is 1. The van der Waals surface area contributed by atoms with Crippen molar-refractivity contribution in [3.8, 4) is 5.75 Å². The van der Waals surface area contributed by atoms with Gasteiger partial charge in [0.2, 0.25) is 0 Å². The van der Waals surface area contributed by atoms with Crippen molar-refractivity contribution in [3.05, 3.63) is 48.7 Å². The number of methoxy groups -OCH3 is 1. The number of nitrogens with one attached hydrogen (secondary N) is 1. The molecule has 5 N–H and O–H groups in total. The van der Waals surface area contributed by atoms with Gasteiger partial charge in [-0.1, -0.05) is 18.2 Å². The Hall–Kier alpha value is -3.13. The second kappa shape index (κ2) is 10.3. The maximum atomic E-state index is 14.6. The van der Waals surface area contributed by atoms with Crippen LogP contribution in [-0.4, -0.2) is 68.3 Å². The molecular formula is C22H27FN5O8P. The number of hydrogen-bond donors (Lipinski definition) is 4. The molecule has 13 nitrogen and oxygen atoms in total. The summed E-state index contributed by atoms with van der Waals surface area (Å²) in [5, 5.41) is 24.3. The number of anilines is 1. The molecule has 1 aliphatic heterocycles. The minimum Gasteiger partial charge on any atom is -0.468 e. The van der Waals surface area contributed by atoms with Gasteiger partial charge in [0.05, 0.1) is 19.1 Å². The number of nitrogens with zero attached hydrogens (tertiary/aromatic N) is 3. The predicted molar refractivity (Wildman–Crippen MR) is 128 cm³/mol. The van der Waals surface area contributed by atoms with Crippen LogP contribution in [0.5, 0.6) is 5.75 Å². The molecule has 1 aliphatic rings. The first-order chi connectivity index (χ1) is 17.5. The third kappa shape index (κ3) is 5.30. The fraction of sp³-hybridized carbons (Fsp3) is 0.409. The monoisotopic (exact) mass is 539 g/mol. The zero-order valence-corrected chi connectivity index (χ0v) is 21.0. The number of esters is 1. The molecule has 0 saturated carbocycles. The molecule has 6 atom stereocenters. The molecule has 3 heterocycles. The number of halogens is 1. The number of para-hydroxylation sites is 1. The van der Waals surface area contributed by atoms with Gasteiger partial charge in [-0.2, -0.15) is 5.09 Å². The summed E-state index contributed by atoms with van der Waals surface area (Å²) in [6.07, 6.45) is -2.00. The topological polar surface area (TPSA) is 180 Å². The van der Waals surface area contributed by atoms with Gasteiger partial charge in [0.15, 0.2) is 17.7 Å². The first kappa shape index (κ1) is 26.9. The van der Waals surface area contributed by atoms with Crippen LogP contribution in [0.15, 0.2) is 42.9 Å². The number of benzene rings is 1. The molecule has 0 radical (unpaired) electrons. The summed E-state index contributed by atoms with van der Waals surface area (Å²) in [6.45, 7) is 2.14. The average molecular weight is 539 g/mol. The van der Waals surface area contributed by atoms with Gasteiger partial charge >= 0.3 is 13.7 Å². The zero-order chi connectivity index (χ0) is 27.0. The molecule has 1 unspecified atom stereocenters. The van der Waals surface area contributed by atoms with Gasteiger partial charge in [-0.3, -0.25) is 13.9 Å². The molecule has 2 aromatic heterocycles. The number of aliphatic hydroxyl groups excluding tert-OH is 1. The zero-order valence-electron chi connectivity index (χ0n) is 20.1. The standard InChI is InChI=1S/C22H27FN5O8P/c1-12(20(30)33-3)27-37(32,36-13-7-5-4-6-8-13)34-10-15-17(29)22(2,31)21(35-15)28-9-14(23)16-18(24)25-11-26-19(16)28/h4-9,11-12,15,17,21,29,31H,10H2,1-3H3,(H,27,32)(H2,24,25,26)/t12-,15-,17-,21-,22-,37?/m1/s1. The first-order valence-electron chi connectivity index (χ1n) is 11.1. The van der Waals surface area contributed by atoms with Gasteiger partial charge in [-0.15, -0.1) is 0 Å². The van der Waals surface area contributed by atoms with Crippen molar-refractivity contribution in [1.29, 1.82) is 0 Å². The fourth-order valence-electron chi connectivity index (χ4n) is 3.97. The van der Waals surface area contributed by atoms with Crippen LogP contribution in [0.4, 0.5) is 10.2 Å². The number of ether oxygens (including phenoxy) is 2. The van der Waals surface area contributed by atoms with Gasteiger partial charge in [-0.05, 0) is 26.0 Å². The Kier molecular flexibility index (Phi) is 7.51. The van der Waals surface area contributed by atoms with Gasteiger partial charge in [-0.25, -0.2) is 18.9 Å². The molecule has 200 valence electrons. The highest BCUT2D eigenvalue weighted by atomic mass is 31.2. The van der Waals surface area contributed by atoms with Crippen LogP contribution in [-0.2, 0) is 23.4 Å². The molecule has 1 aromatic carbocycles. The Bertz CT molecular complexity index is 1320. The third-order valence-corrected chi connectivity index (χ3v) is 7.53. The molecule has 1 saturated heterocycles. The molecule has 0 aliphatic carbocycles. The van der Waals surface area contributed by atoms with Crippen LogP contribution in [0.1, 0.15) is 20.1 Å². The minimum atomic E-state index is -4.25. The number of carbonyl (C=O) groups excluding carboxylic acids is 1. The lowest BCUT2D eigenvalue weighted by Crippen LogP contribution is -2.44. The normalized spacial score (nSPS) is 26.1. The molecule has 0 spiro atoms. The van der Waals surface area contributed by atoms with Crippen molar-refractivity contribution in [2.75, 3.05) is 19.5 Å². The summed E-state index contributed by atoms with van der Waals surface area (Å²) in [5.74, 6) is -1.39. The molecule has 0 amide bonds. The van der Waals surface area contributed by atoms with E-state index in [-0.39, 0.29) is 22.6 Å². The number of nitrogens with two attached hydrogens (primary N) is 1. The van der Waals surface area contributed by atoms with Crippen molar-refractivity contribution in [2.45, 2.75) is 43.9 Å². The van der Waals surface area contributed by atoms with Crippen molar-refractivity contribution in [3.63, 3.8) is 0 Å². The Morgan fingerprint density at radius 1 is 1.38 bits per heavy atom. The van der Waals surface area contributed by atoms with Crippen LogP contribution in [0.25, 0.3) is 11.0 Å². The summed E-state index contributed by atoms with van der Waals surface area (Å²) < 4.78 is 50.9. The third-order valence-electron chi connectivity index (χ3n) is 5.88. The van der Waals surface area contributed by atoms with E-state index in [0.717, 1.165) is 12.5 Å². The van der Waals surface area contributed by atoms with Crippen molar-refractivity contribution in [1.82, 2.24) is 19.6 Å². The van der Waals surface area contributed by atoms with E-state index in [1.165, 1.54) is 37.7 Å². The van der Waals surface area contributed by atoms with E-state index in [0.29, 0.717) is 0 Å². The molecule has 3 aromatic rings. The summed E-state index contributed by atoms with van der Waals surface area (Å²) in [4.78, 5) is 19.7. The van der Waals surface area contributed by atoms with E-state index < -0.39 is 56.2 Å². The summed E-state index contributed by atoms with van der Waals surface area (Å²) in [5.41, 5.74) is 3.84. The lowest BCUT2D eigenvalue weighted by atomic mass is 9.96. The van der Waals surface area contributed by atoms with Crippen molar-refractivity contribution in [2.24, 2.45) is 0 Å². The maximum Gasteiger partial charge on any atom is 0.459 e. The summed E-state index contributed by atoms with van der Waals surface area (Å²) in [7, 11) is -3.08. The Morgan fingerprint density at radius 2 is 2.08 bits per heavy atom. The molecular weight excluding hydrogens is 512 g/mol. The average Bonchev–Trinajstić information content (AvgIpc) is 3.31. The second-order valence-electron chi connectivity index (χ2n) is 8.61. The smallest absolute Gasteiger partial charge is 0.459 e. The lowest BCUT2D eigenvalue weighted by molar-refractivity contribution is -0.142. The highest BCUT2D eigenvalue weighted by Crippen LogP contribution is 2.47. The molecule has 15 heteroatoms. The van der Waals surface area contributed by atoms with Crippen LogP contribution in [0, 0.1) is 5.82 Å². The van der Waals surface area contributed by atoms with Gasteiger partial charge in [0, 0.05) is 6.20 Å². The van der Waals surface area contributed by atoms with Crippen LogP contribution < -0.4 is 15.3 Å². The van der Waals surface area contributed by atoms with Gasteiger partial charge in [0.25, 0.3) is 0 Å². The van der Waals surface area contributed by atoms with E-state index in [1.54, 1.807) is 18.2 Å². The highest BCUT2D eigenvalue weighted by molar-refractivity contribution is 7.52. The summed E-state index contributed by atoms with van der Waals surface area (Å²) in [6, 6.07) is 6.99. The lowest BCUT2D eigenvalue weighted by Gasteiger charge is -2.27. The number of fused-ring (bicyclic) bond motifs is 1. The predicted octanol–water partition coefficient (Wildman–Crippen LogP) is 1.52. The van der Waals surface area contributed by atoms with E-state index in [1.807, 2.05) is 0 Å². The molecule has 0 bridgehead atoms. The Labute approximate surface area is 210 Å². The maximum absolute atomic E-state index is 14.6. The molecule has 1 fully saturated rings. The summed E-state index contributed by atoms with van der Waals surface area (Å²) >= 11 is 0. The number of aliphatic hydroxyl groups is 2. The minimum absolute atomic E-state index is 0.0377. The van der Waals surface area contributed by atoms with E-state index >= 15 is 0 Å². The van der Waals surface area contributed by atoms with Gasteiger partial charge < -0.3 is 29.9 Å². The largest absolute Gasteiger partial charge is 0.468 e. The number of hydrogen-bond acceptors (Lipinski definition) is 11. The van der Waals surface area contributed by atoms with Crippen LogP contribution in [0.3, 0.4) is 0 Å². The number of nitrogen functional groups attached to an aromatic ring is 1. The fourth-order valence-corrected chi connectivity index (χ4v) is 5.47. The molecule has 4 rings (SSSR count).